The molecule has 13 heavy (non-hydrogen) atoms. The maximum absolute atomic E-state index is 12.6. The van der Waals surface area contributed by atoms with E-state index in [1.807, 2.05) is 6.07 Å². The first-order chi connectivity index (χ1) is 6.15. The highest BCUT2D eigenvalue weighted by Gasteiger charge is 2.02. The summed E-state index contributed by atoms with van der Waals surface area (Å²) < 4.78 is 12.6. The molecule has 0 aliphatic heterocycles. The van der Waals surface area contributed by atoms with Crippen molar-refractivity contribution in [2.75, 3.05) is 0 Å². The Kier molecular flexibility index (Phi) is 3.05. The van der Waals surface area contributed by atoms with Gasteiger partial charge in [-0.3, -0.25) is 0 Å². The van der Waals surface area contributed by atoms with Crippen LogP contribution in [0, 0.1) is 17.1 Å². The summed E-state index contributed by atoms with van der Waals surface area (Å²) in [5, 5.41) is 8.72. The highest BCUT2D eigenvalue weighted by Crippen LogP contribution is 2.23. The molecule has 1 nitrogen and oxygen atoms in total. The molecule has 0 N–H and O–H groups in total. The number of hydrogen-bond donors (Lipinski definition) is 0. The van der Waals surface area contributed by atoms with Crippen LogP contribution in [-0.2, 0) is 0 Å². The Balaban J connectivity index is 3.18. The Morgan fingerprint density at radius 1 is 1.62 bits per heavy atom. The van der Waals surface area contributed by atoms with Gasteiger partial charge in [-0.2, -0.15) is 5.26 Å². The third-order valence-electron chi connectivity index (χ3n) is 1.64. The summed E-state index contributed by atoms with van der Waals surface area (Å²) in [4.78, 5) is 0. The van der Waals surface area contributed by atoms with Gasteiger partial charge < -0.3 is 0 Å². The van der Waals surface area contributed by atoms with Crippen molar-refractivity contribution in [2.45, 2.75) is 6.92 Å². The molecule has 0 heterocycles. The zero-order valence-electron chi connectivity index (χ0n) is 7.01. The lowest BCUT2D eigenvalue weighted by atomic mass is 10.1. The van der Waals surface area contributed by atoms with Crippen LogP contribution < -0.4 is 0 Å². The molecule has 0 saturated heterocycles. The Hall–Kier alpha value is -1.33. The third kappa shape index (κ3) is 2.30. The minimum atomic E-state index is -0.376. The van der Waals surface area contributed by atoms with E-state index >= 15 is 0 Å². The van der Waals surface area contributed by atoms with Gasteiger partial charge in [0.05, 0.1) is 11.1 Å². The van der Waals surface area contributed by atoms with Crippen LogP contribution >= 0.6 is 11.6 Å². The molecule has 3 heteroatoms. The Morgan fingerprint density at radius 2 is 2.31 bits per heavy atom. The molecule has 0 aliphatic rings. The molecule has 0 radical (unpaired) electrons. The van der Waals surface area contributed by atoms with Crippen LogP contribution in [0.5, 0.6) is 0 Å². The monoisotopic (exact) mass is 195 g/mol. The van der Waals surface area contributed by atoms with E-state index in [2.05, 4.69) is 0 Å². The van der Waals surface area contributed by atoms with Gasteiger partial charge in [-0.05, 0) is 30.2 Å². The van der Waals surface area contributed by atoms with Gasteiger partial charge in [0.1, 0.15) is 5.82 Å². The Morgan fingerprint density at radius 3 is 2.85 bits per heavy atom. The fourth-order valence-electron chi connectivity index (χ4n) is 0.984. The summed E-state index contributed by atoms with van der Waals surface area (Å²) in [6.07, 6.45) is 1.37. The zero-order valence-corrected chi connectivity index (χ0v) is 7.77. The van der Waals surface area contributed by atoms with E-state index in [9.17, 15) is 4.39 Å². The van der Waals surface area contributed by atoms with Gasteiger partial charge in [-0.15, -0.1) is 0 Å². The van der Waals surface area contributed by atoms with Crippen molar-refractivity contribution in [1.29, 1.82) is 5.26 Å². The largest absolute Gasteiger partial charge is 0.207 e. The van der Waals surface area contributed by atoms with Crippen molar-refractivity contribution in [3.63, 3.8) is 0 Å². The fourth-order valence-corrected chi connectivity index (χ4v) is 1.30. The Labute approximate surface area is 81.1 Å². The molecular weight excluding hydrogens is 189 g/mol. The zero-order chi connectivity index (χ0) is 9.84. The normalized spacial score (nSPS) is 11.1. The second kappa shape index (κ2) is 4.06. The number of nitriles is 1. The van der Waals surface area contributed by atoms with Crippen LogP contribution in [0.25, 0.3) is 5.57 Å². The highest BCUT2D eigenvalue weighted by atomic mass is 35.5. The second-order valence-corrected chi connectivity index (χ2v) is 2.99. The SMILES string of the molecule is C/C(=C/C#N)c1ccc(F)cc1Cl. The van der Waals surface area contributed by atoms with E-state index in [1.54, 1.807) is 13.0 Å². The minimum Gasteiger partial charge on any atom is -0.207 e. The van der Waals surface area contributed by atoms with Crippen LogP contribution in [0.4, 0.5) is 4.39 Å². The summed E-state index contributed by atoms with van der Waals surface area (Å²) in [6.45, 7) is 1.75. The molecule has 0 spiro atoms. The summed E-state index contributed by atoms with van der Waals surface area (Å²) in [7, 11) is 0. The first-order valence-electron chi connectivity index (χ1n) is 3.67. The van der Waals surface area contributed by atoms with Crippen LogP contribution in [-0.4, -0.2) is 0 Å². The van der Waals surface area contributed by atoms with Gasteiger partial charge in [0.25, 0.3) is 0 Å². The molecule has 0 aliphatic carbocycles. The number of hydrogen-bond acceptors (Lipinski definition) is 1. The number of nitrogens with zero attached hydrogens (tertiary/aromatic N) is 1. The lowest BCUT2D eigenvalue weighted by Crippen LogP contribution is -1.83. The summed E-state index contributed by atoms with van der Waals surface area (Å²) >= 11 is 5.77. The van der Waals surface area contributed by atoms with Gasteiger partial charge in [0.15, 0.2) is 0 Å². The predicted octanol–water partition coefficient (Wildman–Crippen LogP) is 3.41. The van der Waals surface area contributed by atoms with Crippen molar-refractivity contribution >= 4 is 17.2 Å². The summed E-state index contributed by atoms with van der Waals surface area (Å²) in [6, 6.07) is 5.99. The molecule has 1 aromatic carbocycles. The van der Waals surface area contributed by atoms with Crippen LogP contribution in [0.1, 0.15) is 12.5 Å². The summed E-state index contributed by atoms with van der Waals surface area (Å²) in [5.74, 6) is -0.376. The molecule has 0 unspecified atom stereocenters. The van der Waals surface area contributed by atoms with Crippen molar-refractivity contribution < 1.29 is 4.39 Å². The second-order valence-electron chi connectivity index (χ2n) is 2.58. The fraction of sp³-hybridized carbons (Fsp3) is 0.100. The molecule has 66 valence electrons. The topological polar surface area (TPSA) is 23.8 Å². The third-order valence-corrected chi connectivity index (χ3v) is 1.95. The first-order valence-corrected chi connectivity index (χ1v) is 4.04. The smallest absolute Gasteiger partial charge is 0.124 e. The van der Waals surface area contributed by atoms with Crippen LogP contribution in [0.2, 0.25) is 5.02 Å². The van der Waals surface area contributed by atoms with E-state index in [0.717, 1.165) is 5.57 Å². The van der Waals surface area contributed by atoms with Crippen molar-refractivity contribution in [2.24, 2.45) is 0 Å². The highest BCUT2D eigenvalue weighted by molar-refractivity contribution is 6.32. The molecule has 1 aromatic rings. The molecule has 0 bridgehead atoms. The first kappa shape index (κ1) is 9.76. The molecular formula is C10H7ClFN. The predicted molar refractivity (Wildman–Crippen MR) is 50.7 cm³/mol. The van der Waals surface area contributed by atoms with Gasteiger partial charge in [-0.1, -0.05) is 17.7 Å². The molecule has 0 amide bonds. The number of halogens is 2. The van der Waals surface area contributed by atoms with E-state index in [4.69, 9.17) is 16.9 Å². The number of benzene rings is 1. The molecule has 0 saturated carbocycles. The van der Waals surface area contributed by atoms with E-state index in [-0.39, 0.29) is 5.82 Å². The molecule has 0 fully saturated rings. The van der Waals surface area contributed by atoms with Crippen LogP contribution in [0.3, 0.4) is 0 Å². The number of allylic oxidation sites excluding steroid dienone is 2. The summed E-state index contributed by atoms with van der Waals surface area (Å²) in [5.41, 5.74) is 1.41. The van der Waals surface area contributed by atoms with Gasteiger partial charge >= 0.3 is 0 Å². The lowest BCUT2D eigenvalue weighted by Gasteiger charge is -2.02. The average molecular weight is 196 g/mol. The van der Waals surface area contributed by atoms with Gasteiger partial charge in [-0.25, -0.2) is 4.39 Å². The number of rotatable bonds is 1. The van der Waals surface area contributed by atoms with Crippen molar-refractivity contribution in [3.05, 3.63) is 40.7 Å². The standard InChI is InChI=1S/C10H7ClFN/c1-7(4-5-13)9-3-2-8(12)6-10(9)11/h2-4,6H,1H3/b7-4-. The Bertz CT molecular complexity index is 390. The van der Waals surface area contributed by atoms with E-state index in [0.29, 0.717) is 10.6 Å². The van der Waals surface area contributed by atoms with E-state index in [1.165, 1.54) is 18.2 Å². The van der Waals surface area contributed by atoms with Gasteiger partial charge in [0.2, 0.25) is 0 Å². The molecule has 0 atom stereocenters. The minimum absolute atomic E-state index is 0.323. The van der Waals surface area contributed by atoms with Crippen LogP contribution in [0.15, 0.2) is 24.3 Å². The average Bonchev–Trinajstić information content (AvgIpc) is 2.04. The molecule has 0 aromatic heterocycles. The lowest BCUT2D eigenvalue weighted by molar-refractivity contribution is 0.628. The molecule has 1 rings (SSSR count). The van der Waals surface area contributed by atoms with Gasteiger partial charge in [0, 0.05) is 6.08 Å². The quantitative estimate of drug-likeness (QED) is 0.630. The van der Waals surface area contributed by atoms with E-state index < -0.39 is 0 Å². The maximum Gasteiger partial charge on any atom is 0.124 e. The van der Waals surface area contributed by atoms with Crippen molar-refractivity contribution in [3.8, 4) is 6.07 Å². The van der Waals surface area contributed by atoms with Crippen molar-refractivity contribution in [1.82, 2.24) is 0 Å². The maximum atomic E-state index is 12.6.